The van der Waals surface area contributed by atoms with Crippen molar-refractivity contribution in [2.24, 2.45) is 11.7 Å². The summed E-state index contributed by atoms with van der Waals surface area (Å²) in [5, 5.41) is 0. The molecule has 0 saturated heterocycles. The van der Waals surface area contributed by atoms with Gasteiger partial charge in [0.15, 0.2) is 0 Å². The Hall–Kier alpha value is -0.0400. The molecule has 72 valence electrons. The van der Waals surface area contributed by atoms with Crippen molar-refractivity contribution in [3.8, 4) is 0 Å². The monoisotopic (exact) mass is 169 g/mol. The SMILES string of the molecule is C1CC1.NCCC1CCCCC1. The van der Waals surface area contributed by atoms with Gasteiger partial charge in [-0.2, -0.15) is 0 Å². The average molecular weight is 169 g/mol. The van der Waals surface area contributed by atoms with Crippen molar-refractivity contribution >= 4 is 0 Å². The lowest BCUT2D eigenvalue weighted by Gasteiger charge is -2.20. The van der Waals surface area contributed by atoms with E-state index in [1.54, 1.807) is 0 Å². The largest absolute Gasteiger partial charge is 0.330 e. The van der Waals surface area contributed by atoms with Gasteiger partial charge in [-0.05, 0) is 18.9 Å². The van der Waals surface area contributed by atoms with Crippen LogP contribution in [0, 0.1) is 5.92 Å². The standard InChI is InChI=1S/C8H17N.C3H6/c9-7-6-8-4-2-1-3-5-8;1-2-3-1/h8H,1-7,9H2;1-3H2. The molecule has 0 aliphatic heterocycles. The van der Waals surface area contributed by atoms with Gasteiger partial charge in [0.25, 0.3) is 0 Å². The van der Waals surface area contributed by atoms with Crippen molar-refractivity contribution in [3.63, 3.8) is 0 Å². The van der Waals surface area contributed by atoms with Crippen LogP contribution in [-0.4, -0.2) is 6.54 Å². The lowest BCUT2D eigenvalue weighted by Crippen LogP contribution is -2.11. The van der Waals surface area contributed by atoms with Crippen molar-refractivity contribution in [2.75, 3.05) is 6.54 Å². The molecule has 2 rings (SSSR count). The lowest BCUT2D eigenvalue weighted by atomic mass is 9.87. The topological polar surface area (TPSA) is 26.0 Å². The summed E-state index contributed by atoms with van der Waals surface area (Å²) in [7, 11) is 0. The predicted octanol–water partition coefficient (Wildman–Crippen LogP) is 3.09. The van der Waals surface area contributed by atoms with Crippen LogP contribution in [0.15, 0.2) is 0 Å². The van der Waals surface area contributed by atoms with E-state index in [0.29, 0.717) is 0 Å². The molecule has 0 atom stereocenters. The number of nitrogens with two attached hydrogens (primary N) is 1. The van der Waals surface area contributed by atoms with Crippen molar-refractivity contribution in [3.05, 3.63) is 0 Å². The third-order valence-electron chi connectivity index (χ3n) is 2.65. The van der Waals surface area contributed by atoms with Crippen LogP contribution >= 0.6 is 0 Å². The quantitative estimate of drug-likeness (QED) is 0.675. The first-order valence-electron chi connectivity index (χ1n) is 5.63. The molecule has 2 aliphatic rings. The first-order valence-corrected chi connectivity index (χ1v) is 5.63. The summed E-state index contributed by atoms with van der Waals surface area (Å²) in [5.74, 6) is 0.976. The molecule has 0 spiro atoms. The Morgan fingerprint density at radius 2 is 1.33 bits per heavy atom. The third kappa shape index (κ3) is 5.59. The fourth-order valence-electron chi connectivity index (χ4n) is 1.71. The average Bonchev–Trinajstić information content (AvgIpc) is 2.93. The maximum absolute atomic E-state index is 5.46. The zero-order chi connectivity index (χ0) is 8.65. The van der Waals surface area contributed by atoms with Crippen LogP contribution in [0.4, 0.5) is 0 Å². The summed E-state index contributed by atoms with van der Waals surface area (Å²) in [6, 6.07) is 0. The fraction of sp³-hybridized carbons (Fsp3) is 1.00. The van der Waals surface area contributed by atoms with E-state index in [0.717, 1.165) is 12.5 Å². The molecule has 0 aromatic rings. The van der Waals surface area contributed by atoms with E-state index in [9.17, 15) is 0 Å². The Bertz CT molecular complexity index is 87.7. The molecular formula is C11H23N. The Kier molecular flexibility index (Phi) is 5.42. The lowest BCUT2D eigenvalue weighted by molar-refractivity contribution is 0.343. The highest BCUT2D eigenvalue weighted by molar-refractivity contribution is 4.65. The summed E-state index contributed by atoms with van der Waals surface area (Å²) < 4.78 is 0. The van der Waals surface area contributed by atoms with Crippen LogP contribution in [0.3, 0.4) is 0 Å². The van der Waals surface area contributed by atoms with Gasteiger partial charge in [0.1, 0.15) is 0 Å². The smallest absolute Gasteiger partial charge is 0.00746 e. The van der Waals surface area contributed by atoms with Crippen LogP contribution in [-0.2, 0) is 0 Å². The molecule has 1 heteroatoms. The number of hydrogen-bond acceptors (Lipinski definition) is 1. The molecule has 0 amide bonds. The second-order valence-corrected chi connectivity index (χ2v) is 4.14. The molecule has 2 fully saturated rings. The molecule has 2 N–H and O–H groups in total. The van der Waals surface area contributed by atoms with E-state index < -0.39 is 0 Å². The van der Waals surface area contributed by atoms with Gasteiger partial charge in [0.2, 0.25) is 0 Å². The molecule has 2 aliphatic carbocycles. The summed E-state index contributed by atoms with van der Waals surface area (Å²) in [6.45, 7) is 0.894. The molecule has 0 aromatic carbocycles. The fourth-order valence-corrected chi connectivity index (χ4v) is 1.71. The second-order valence-electron chi connectivity index (χ2n) is 4.14. The first-order chi connectivity index (χ1) is 5.93. The van der Waals surface area contributed by atoms with E-state index in [2.05, 4.69) is 0 Å². The van der Waals surface area contributed by atoms with Crippen molar-refractivity contribution < 1.29 is 0 Å². The normalized spacial score (nSPS) is 22.8. The van der Waals surface area contributed by atoms with Crippen LogP contribution in [0.1, 0.15) is 57.8 Å². The maximum Gasteiger partial charge on any atom is -0.00746 e. The molecular weight excluding hydrogens is 146 g/mol. The molecule has 2 saturated carbocycles. The van der Waals surface area contributed by atoms with E-state index >= 15 is 0 Å². The van der Waals surface area contributed by atoms with E-state index in [1.807, 2.05) is 0 Å². The van der Waals surface area contributed by atoms with Crippen LogP contribution in [0.5, 0.6) is 0 Å². The van der Waals surface area contributed by atoms with Gasteiger partial charge in [-0.25, -0.2) is 0 Å². The highest BCUT2D eigenvalue weighted by Crippen LogP contribution is 2.25. The minimum atomic E-state index is 0.894. The van der Waals surface area contributed by atoms with Gasteiger partial charge in [-0.1, -0.05) is 51.4 Å². The minimum absolute atomic E-state index is 0.894. The minimum Gasteiger partial charge on any atom is -0.330 e. The highest BCUT2D eigenvalue weighted by Gasteiger charge is 2.11. The van der Waals surface area contributed by atoms with Crippen molar-refractivity contribution in [1.29, 1.82) is 0 Å². The number of rotatable bonds is 2. The molecule has 0 heterocycles. The van der Waals surface area contributed by atoms with Gasteiger partial charge in [0, 0.05) is 0 Å². The summed E-state index contributed by atoms with van der Waals surface area (Å²) in [6.07, 6.45) is 13.0. The Morgan fingerprint density at radius 1 is 0.833 bits per heavy atom. The summed E-state index contributed by atoms with van der Waals surface area (Å²) in [4.78, 5) is 0. The third-order valence-corrected chi connectivity index (χ3v) is 2.65. The van der Waals surface area contributed by atoms with Gasteiger partial charge in [0.05, 0.1) is 0 Å². The molecule has 1 nitrogen and oxygen atoms in total. The van der Waals surface area contributed by atoms with Gasteiger partial charge < -0.3 is 5.73 Å². The van der Waals surface area contributed by atoms with Gasteiger partial charge in [-0.3, -0.25) is 0 Å². The Morgan fingerprint density at radius 3 is 1.75 bits per heavy atom. The van der Waals surface area contributed by atoms with Gasteiger partial charge in [-0.15, -0.1) is 0 Å². The molecule has 0 radical (unpaired) electrons. The molecule has 0 bridgehead atoms. The summed E-state index contributed by atoms with van der Waals surface area (Å²) >= 11 is 0. The zero-order valence-electron chi connectivity index (χ0n) is 8.23. The second kappa shape index (κ2) is 6.47. The highest BCUT2D eigenvalue weighted by atomic mass is 14.5. The first kappa shape index (κ1) is 10.0. The van der Waals surface area contributed by atoms with Crippen molar-refractivity contribution in [1.82, 2.24) is 0 Å². The van der Waals surface area contributed by atoms with E-state index in [1.165, 1.54) is 57.8 Å². The zero-order valence-corrected chi connectivity index (χ0v) is 8.23. The van der Waals surface area contributed by atoms with Crippen LogP contribution in [0.25, 0.3) is 0 Å². The predicted molar refractivity (Wildman–Crippen MR) is 54.1 cm³/mol. The molecule has 0 aromatic heterocycles. The Labute approximate surface area is 76.7 Å². The molecule has 0 unspecified atom stereocenters. The van der Waals surface area contributed by atoms with Crippen LogP contribution < -0.4 is 5.73 Å². The maximum atomic E-state index is 5.46. The molecule has 12 heavy (non-hydrogen) atoms. The summed E-state index contributed by atoms with van der Waals surface area (Å²) in [5.41, 5.74) is 5.46. The van der Waals surface area contributed by atoms with Crippen molar-refractivity contribution in [2.45, 2.75) is 57.8 Å². The number of hydrogen-bond donors (Lipinski definition) is 1. The van der Waals surface area contributed by atoms with Crippen LogP contribution in [0.2, 0.25) is 0 Å². The van der Waals surface area contributed by atoms with E-state index in [4.69, 9.17) is 5.73 Å². The van der Waals surface area contributed by atoms with Gasteiger partial charge >= 0.3 is 0 Å². The Balaban J connectivity index is 0.000000200. The van der Waals surface area contributed by atoms with E-state index in [-0.39, 0.29) is 0 Å².